The van der Waals surface area contributed by atoms with Crippen LogP contribution >= 0.6 is 0 Å². The number of nitrogens with two attached hydrogens (primary N) is 1. The lowest BCUT2D eigenvalue weighted by Gasteiger charge is -2.40. The molecule has 0 radical (unpaired) electrons. The van der Waals surface area contributed by atoms with E-state index in [-0.39, 0.29) is 59.4 Å². The number of sulfone groups is 1. The lowest BCUT2D eigenvalue weighted by atomic mass is 9.88. The number of hydrogen-bond donors (Lipinski definition) is 4. The minimum absolute atomic E-state index is 0.0133. The van der Waals surface area contributed by atoms with Gasteiger partial charge in [-0.1, -0.05) is 43.5 Å². The smallest absolute Gasteiger partial charge is 0.410 e. The number of aromatic nitrogens is 2. The lowest BCUT2D eigenvalue weighted by Crippen LogP contribution is -2.45. The predicted molar refractivity (Wildman–Crippen MR) is 215 cm³/mol. The van der Waals surface area contributed by atoms with Crippen molar-refractivity contribution in [1.82, 2.24) is 14.9 Å². The summed E-state index contributed by atoms with van der Waals surface area (Å²) < 4.78 is 45.0. The number of aromatic hydroxyl groups is 1. The van der Waals surface area contributed by atoms with Gasteiger partial charge in [-0.15, -0.1) is 0 Å². The van der Waals surface area contributed by atoms with Crippen molar-refractivity contribution in [3.63, 3.8) is 0 Å². The van der Waals surface area contributed by atoms with Gasteiger partial charge in [0, 0.05) is 31.4 Å². The monoisotopic (exact) mass is 797 g/mol. The molecule has 1 aliphatic heterocycles. The molecule has 1 saturated heterocycles. The van der Waals surface area contributed by atoms with Crippen LogP contribution in [0.15, 0.2) is 53.6 Å². The first-order valence-corrected chi connectivity index (χ1v) is 20.7. The molecular formula is C41H59N5O9S. The number of nitrogens with zero attached hydrogens (tertiary/aromatic N) is 3. The van der Waals surface area contributed by atoms with E-state index in [4.69, 9.17) is 19.9 Å². The summed E-state index contributed by atoms with van der Waals surface area (Å²) >= 11 is 0. The van der Waals surface area contributed by atoms with Gasteiger partial charge in [-0.2, -0.15) is 0 Å². The number of para-hydroxylation sites is 1. The van der Waals surface area contributed by atoms with Crippen molar-refractivity contribution in [2.45, 2.75) is 133 Å². The van der Waals surface area contributed by atoms with Crippen molar-refractivity contribution < 1.29 is 42.4 Å². The lowest BCUT2D eigenvalue weighted by molar-refractivity contribution is -0.225. The number of hydrogen-bond acceptors (Lipinski definition) is 12. The largest absolute Gasteiger partial charge is 0.505 e. The van der Waals surface area contributed by atoms with Gasteiger partial charge in [-0.05, 0) is 98.3 Å². The van der Waals surface area contributed by atoms with E-state index in [0.717, 1.165) is 44.9 Å². The first kappa shape index (κ1) is 44.4. The van der Waals surface area contributed by atoms with Crippen LogP contribution in [0.1, 0.15) is 115 Å². The van der Waals surface area contributed by atoms with Gasteiger partial charge in [-0.25, -0.2) is 23.2 Å². The molecule has 1 aliphatic rings. The third-order valence-corrected chi connectivity index (χ3v) is 12.1. The van der Waals surface area contributed by atoms with Crippen LogP contribution in [0.4, 0.5) is 16.3 Å². The summed E-state index contributed by atoms with van der Waals surface area (Å²) in [6.07, 6.45) is 7.40. The first-order chi connectivity index (χ1) is 26.2. The van der Waals surface area contributed by atoms with Gasteiger partial charge >= 0.3 is 6.09 Å². The summed E-state index contributed by atoms with van der Waals surface area (Å²) in [5.74, 6) is -1.13. The number of rotatable bonds is 17. The Labute approximate surface area is 331 Å². The zero-order valence-electron chi connectivity index (χ0n) is 33.8. The number of unbranched alkanes of at least 4 members (excludes halogenated alkanes) is 3. The second-order valence-corrected chi connectivity index (χ2v) is 18.9. The number of anilines is 2. The molecule has 1 fully saturated rings. The summed E-state index contributed by atoms with van der Waals surface area (Å²) in [7, 11) is -2.33. The SMILES string of the molecule is CN(Cc1cccc(NC(=O)c2nc(-c3ccc(S(=O)(=O)C(C)(C)CC(C)(CCCCCCO)OC4CCCCO4)cc3)cnc2N)c1O)C(=O)OC(C)(C)C. The molecule has 0 spiro atoms. The van der Waals surface area contributed by atoms with Crippen molar-refractivity contribution in [3.05, 3.63) is 59.9 Å². The molecule has 0 bridgehead atoms. The fraction of sp³-hybridized carbons (Fsp3) is 0.561. The van der Waals surface area contributed by atoms with E-state index in [1.807, 2.05) is 6.92 Å². The first-order valence-electron chi connectivity index (χ1n) is 19.2. The Morgan fingerprint density at radius 2 is 1.71 bits per heavy atom. The number of nitrogen functional groups attached to an aromatic ring is 1. The Hall–Kier alpha value is -4.31. The van der Waals surface area contributed by atoms with Crippen LogP contribution in [0, 0.1) is 0 Å². The molecule has 2 aromatic carbocycles. The van der Waals surface area contributed by atoms with Gasteiger partial charge in [0.25, 0.3) is 5.91 Å². The number of benzene rings is 2. The van der Waals surface area contributed by atoms with Gasteiger partial charge < -0.3 is 40.4 Å². The van der Waals surface area contributed by atoms with Gasteiger partial charge in [0.2, 0.25) is 0 Å². The van der Waals surface area contributed by atoms with Crippen molar-refractivity contribution in [2.75, 3.05) is 31.3 Å². The average Bonchev–Trinajstić information content (AvgIpc) is 3.12. The Morgan fingerprint density at radius 3 is 2.36 bits per heavy atom. The third kappa shape index (κ3) is 11.9. The fourth-order valence-corrected chi connectivity index (χ4v) is 8.39. The molecule has 14 nitrogen and oxygen atoms in total. The summed E-state index contributed by atoms with van der Waals surface area (Å²) in [5, 5.41) is 22.8. The highest BCUT2D eigenvalue weighted by molar-refractivity contribution is 7.92. The fourth-order valence-electron chi connectivity index (χ4n) is 6.76. The number of carbonyl (C=O) groups excluding carboxylic acids is 2. The summed E-state index contributed by atoms with van der Waals surface area (Å²) in [6, 6.07) is 11.0. The Bertz CT molecular complexity index is 1910. The van der Waals surface area contributed by atoms with E-state index in [1.165, 1.54) is 36.3 Å². The summed E-state index contributed by atoms with van der Waals surface area (Å²) in [6.45, 7) is 11.4. The average molecular weight is 798 g/mol. The number of phenols is 1. The standard InChI is InChI=1S/C41H59N5O9S/c1-39(2,3)55-38(50)46(7)26-29-15-14-16-31(35(29)48)45-37(49)34-36(42)43-25-32(44-34)28-18-20-30(21-19-28)56(51,52)40(4,5)27-41(6,22-11-8-9-12-23-47)54-33-17-10-13-24-53-33/h14-16,18-21,25,33,47-48H,8-13,17,22-24,26-27H2,1-7H3,(H2,42,43)(H,45,49). The van der Waals surface area contributed by atoms with E-state index in [2.05, 4.69) is 15.3 Å². The second-order valence-electron chi connectivity index (χ2n) is 16.3. The van der Waals surface area contributed by atoms with E-state index in [1.54, 1.807) is 58.9 Å². The number of aliphatic hydroxyl groups is 1. The second kappa shape index (κ2) is 18.8. The van der Waals surface area contributed by atoms with E-state index < -0.39 is 37.8 Å². The Kier molecular flexibility index (Phi) is 14.9. The van der Waals surface area contributed by atoms with Crippen LogP contribution in [0.25, 0.3) is 11.3 Å². The number of amides is 2. The highest BCUT2D eigenvalue weighted by Crippen LogP contribution is 2.39. The maximum absolute atomic E-state index is 14.2. The highest BCUT2D eigenvalue weighted by atomic mass is 32.2. The summed E-state index contributed by atoms with van der Waals surface area (Å²) in [5.41, 5.74) is 5.63. The van der Waals surface area contributed by atoms with Gasteiger partial charge in [0.1, 0.15) is 11.4 Å². The predicted octanol–water partition coefficient (Wildman–Crippen LogP) is 7.24. The van der Waals surface area contributed by atoms with Crippen LogP contribution in [-0.2, 0) is 30.6 Å². The maximum atomic E-state index is 14.2. The van der Waals surface area contributed by atoms with Gasteiger partial charge in [-0.3, -0.25) is 4.79 Å². The Morgan fingerprint density at radius 1 is 1.02 bits per heavy atom. The molecule has 2 heterocycles. The molecule has 5 N–H and O–H groups in total. The van der Waals surface area contributed by atoms with Gasteiger partial charge in [0.05, 0.1) is 39.4 Å². The van der Waals surface area contributed by atoms with Crippen LogP contribution in [-0.4, -0.2) is 88.0 Å². The minimum atomic E-state index is -3.87. The number of ether oxygens (including phenoxy) is 3. The molecule has 2 amide bonds. The molecular weight excluding hydrogens is 739 g/mol. The molecule has 3 aromatic rings. The third-order valence-electron chi connectivity index (χ3n) is 9.65. The van der Waals surface area contributed by atoms with E-state index >= 15 is 0 Å². The Balaban J connectivity index is 1.50. The van der Waals surface area contributed by atoms with Crippen LogP contribution in [0.5, 0.6) is 5.75 Å². The number of carbonyl (C=O) groups is 2. The van der Waals surface area contributed by atoms with Crippen LogP contribution < -0.4 is 11.1 Å². The van der Waals surface area contributed by atoms with Crippen molar-refractivity contribution in [1.29, 1.82) is 0 Å². The molecule has 0 saturated carbocycles. The van der Waals surface area contributed by atoms with Gasteiger partial charge in [0.15, 0.2) is 27.6 Å². The van der Waals surface area contributed by atoms with Crippen LogP contribution in [0.2, 0.25) is 0 Å². The molecule has 15 heteroatoms. The van der Waals surface area contributed by atoms with Crippen molar-refractivity contribution in [2.24, 2.45) is 0 Å². The molecule has 1 aromatic heterocycles. The van der Waals surface area contributed by atoms with Crippen molar-refractivity contribution in [3.8, 4) is 17.0 Å². The molecule has 4 rings (SSSR count). The molecule has 2 atom stereocenters. The maximum Gasteiger partial charge on any atom is 0.410 e. The molecule has 56 heavy (non-hydrogen) atoms. The topological polar surface area (TPSA) is 204 Å². The quantitative estimate of drug-likeness (QED) is 0.0789. The molecule has 0 aliphatic carbocycles. The van der Waals surface area contributed by atoms with E-state index in [0.29, 0.717) is 24.2 Å². The number of aliphatic hydroxyl groups excluding tert-OH is 1. The summed E-state index contributed by atoms with van der Waals surface area (Å²) in [4.78, 5) is 35.9. The van der Waals surface area contributed by atoms with Crippen molar-refractivity contribution >= 4 is 33.3 Å². The van der Waals surface area contributed by atoms with E-state index in [9.17, 15) is 28.2 Å². The molecule has 2 unspecified atom stereocenters. The number of phenolic OH excluding ortho intramolecular Hbond substituents is 1. The molecule has 308 valence electrons. The zero-order valence-corrected chi connectivity index (χ0v) is 34.6. The minimum Gasteiger partial charge on any atom is -0.505 e. The number of nitrogens with one attached hydrogen (secondary N) is 1. The highest BCUT2D eigenvalue weighted by Gasteiger charge is 2.44. The normalized spacial score (nSPS) is 16.2. The van der Waals surface area contributed by atoms with Crippen LogP contribution in [0.3, 0.4) is 0 Å². The zero-order chi connectivity index (χ0) is 41.3.